The Balaban J connectivity index is 0.00000243. The maximum absolute atomic E-state index is 12.7. The van der Waals surface area contributed by atoms with Gasteiger partial charge in [0.2, 0.25) is 5.60 Å². The lowest BCUT2D eigenvalue weighted by molar-refractivity contribution is -0.162. The lowest BCUT2D eigenvalue weighted by Gasteiger charge is -2.27. The van der Waals surface area contributed by atoms with E-state index < -0.39 is 11.6 Å². The second-order valence-corrected chi connectivity index (χ2v) is 6.18. The molecule has 0 bridgehead atoms. The Morgan fingerprint density at radius 2 is 1.50 bits per heavy atom. The Morgan fingerprint density at radius 3 is 2.00 bits per heavy atom. The van der Waals surface area contributed by atoms with Crippen LogP contribution < -0.4 is 5.43 Å². The highest BCUT2D eigenvalue weighted by Gasteiger charge is 2.41. The van der Waals surface area contributed by atoms with E-state index >= 15 is 0 Å². The quantitative estimate of drug-likeness (QED) is 0.574. The van der Waals surface area contributed by atoms with Gasteiger partial charge in [0.15, 0.2) is 0 Å². The minimum atomic E-state index is -1.81. The van der Waals surface area contributed by atoms with Crippen LogP contribution in [0.5, 0.6) is 0 Å². The van der Waals surface area contributed by atoms with E-state index in [2.05, 4.69) is 10.4 Å². The van der Waals surface area contributed by atoms with Crippen molar-refractivity contribution in [3.05, 3.63) is 71.8 Å². The van der Waals surface area contributed by atoms with E-state index in [0.29, 0.717) is 17.7 Å². The van der Waals surface area contributed by atoms with E-state index in [1.165, 1.54) is 12.8 Å². The highest BCUT2D eigenvalue weighted by atomic mass is 35.5. The first-order valence-electron chi connectivity index (χ1n) is 8.70. The van der Waals surface area contributed by atoms with Gasteiger partial charge in [-0.25, -0.2) is 9.80 Å². The molecular weight excluding hydrogens is 352 g/mol. The summed E-state index contributed by atoms with van der Waals surface area (Å²) in [5.74, 6) is -0.659. The molecule has 6 heteroatoms. The molecule has 140 valence electrons. The normalized spacial score (nSPS) is 14.7. The van der Waals surface area contributed by atoms with Gasteiger partial charge in [-0.05, 0) is 24.0 Å². The molecule has 26 heavy (non-hydrogen) atoms. The topological polar surface area (TPSA) is 61.8 Å². The van der Waals surface area contributed by atoms with Crippen molar-refractivity contribution in [2.24, 2.45) is 0 Å². The third-order valence-electron chi connectivity index (χ3n) is 4.46. The van der Waals surface area contributed by atoms with Gasteiger partial charge >= 0.3 is 5.97 Å². The third kappa shape index (κ3) is 4.62. The van der Waals surface area contributed by atoms with E-state index in [9.17, 15) is 9.90 Å². The van der Waals surface area contributed by atoms with Crippen molar-refractivity contribution in [1.82, 2.24) is 10.4 Å². The zero-order chi connectivity index (χ0) is 17.5. The summed E-state index contributed by atoms with van der Waals surface area (Å²) in [6.07, 6.45) is 2.38. The molecule has 2 aromatic carbocycles. The van der Waals surface area contributed by atoms with E-state index in [-0.39, 0.29) is 19.0 Å². The number of hydrogen-bond acceptors (Lipinski definition) is 5. The highest BCUT2D eigenvalue weighted by Crippen LogP contribution is 2.30. The molecule has 0 unspecified atom stereocenters. The van der Waals surface area contributed by atoms with Gasteiger partial charge in [-0.3, -0.25) is 5.43 Å². The van der Waals surface area contributed by atoms with Crippen molar-refractivity contribution in [2.75, 3.05) is 26.2 Å². The van der Waals surface area contributed by atoms with Crippen molar-refractivity contribution in [3.8, 4) is 0 Å². The van der Waals surface area contributed by atoms with Crippen molar-refractivity contribution in [3.63, 3.8) is 0 Å². The maximum Gasteiger partial charge on any atom is 0.347 e. The van der Waals surface area contributed by atoms with Crippen LogP contribution in [0.25, 0.3) is 0 Å². The van der Waals surface area contributed by atoms with Crippen LogP contribution >= 0.6 is 12.4 Å². The average molecular weight is 377 g/mol. The van der Waals surface area contributed by atoms with Crippen LogP contribution in [-0.2, 0) is 15.1 Å². The second-order valence-electron chi connectivity index (χ2n) is 6.18. The number of halogens is 1. The van der Waals surface area contributed by atoms with Crippen LogP contribution in [0.1, 0.15) is 24.0 Å². The van der Waals surface area contributed by atoms with Gasteiger partial charge in [-0.1, -0.05) is 60.7 Å². The minimum absolute atomic E-state index is 0. The monoisotopic (exact) mass is 376 g/mol. The number of hydrogen-bond donors (Lipinski definition) is 2. The first-order valence-corrected chi connectivity index (χ1v) is 8.70. The molecule has 0 atom stereocenters. The molecule has 1 saturated heterocycles. The van der Waals surface area contributed by atoms with E-state index in [0.717, 1.165) is 13.1 Å². The minimum Gasteiger partial charge on any atom is -0.462 e. The van der Waals surface area contributed by atoms with Gasteiger partial charge in [-0.2, -0.15) is 0 Å². The number of nitrogens with one attached hydrogen (secondary N) is 1. The van der Waals surface area contributed by atoms with Crippen LogP contribution in [0.2, 0.25) is 0 Å². The van der Waals surface area contributed by atoms with Crippen molar-refractivity contribution >= 4 is 18.4 Å². The van der Waals surface area contributed by atoms with Gasteiger partial charge in [0.05, 0.1) is 0 Å². The molecule has 3 rings (SSSR count). The second kappa shape index (κ2) is 9.69. The van der Waals surface area contributed by atoms with E-state index in [1.807, 2.05) is 12.1 Å². The molecule has 0 aromatic heterocycles. The predicted octanol–water partition coefficient (Wildman–Crippen LogP) is 2.49. The first kappa shape index (κ1) is 20.4. The summed E-state index contributed by atoms with van der Waals surface area (Å²) in [5.41, 5.74) is 2.43. The zero-order valence-electron chi connectivity index (χ0n) is 14.6. The SMILES string of the molecule is Cl.O=C(OCCNN1CCCC1)C(O)(c1ccccc1)c1ccccc1. The number of hydrazine groups is 1. The first-order chi connectivity index (χ1) is 12.2. The highest BCUT2D eigenvalue weighted by molar-refractivity contribution is 5.85. The van der Waals surface area contributed by atoms with Gasteiger partial charge in [0.1, 0.15) is 6.61 Å². The number of nitrogens with zero attached hydrogens (tertiary/aromatic N) is 1. The Hall–Kier alpha value is -1.92. The number of carbonyl (C=O) groups is 1. The average Bonchev–Trinajstić information content (AvgIpc) is 3.19. The summed E-state index contributed by atoms with van der Waals surface area (Å²) in [6.45, 7) is 2.78. The van der Waals surface area contributed by atoms with Crippen LogP contribution in [-0.4, -0.2) is 42.3 Å². The molecule has 0 amide bonds. The Bertz CT molecular complexity index is 636. The van der Waals surface area contributed by atoms with Gasteiger partial charge in [0.25, 0.3) is 0 Å². The summed E-state index contributed by atoms with van der Waals surface area (Å²) in [5, 5.41) is 13.4. The molecule has 0 saturated carbocycles. The molecule has 1 aliphatic rings. The number of rotatable bonds is 7. The van der Waals surface area contributed by atoms with Crippen molar-refractivity contribution in [2.45, 2.75) is 18.4 Å². The Kier molecular flexibility index (Phi) is 7.60. The van der Waals surface area contributed by atoms with Gasteiger partial charge in [0, 0.05) is 19.6 Å². The van der Waals surface area contributed by atoms with Crippen LogP contribution in [0.3, 0.4) is 0 Å². The van der Waals surface area contributed by atoms with Crippen LogP contribution in [0.4, 0.5) is 0 Å². The number of aliphatic hydroxyl groups is 1. The summed E-state index contributed by atoms with van der Waals surface area (Å²) in [4.78, 5) is 12.7. The fourth-order valence-corrected chi connectivity index (χ4v) is 3.09. The van der Waals surface area contributed by atoms with E-state index in [4.69, 9.17) is 4.74 Å². The number of carbonyl (C=O) groups excluding carboxylic acids is 1. The van der Waals surface area contributed by atoms with Crippen LogP contribution in [0, 0.1) is 0 Å². The molecule has 1 heterocycles. The molecule has 1 fully saturated rings. The summed E-state index contributed by atoms with van der Waals surface area (Å²) >= 11 is 0. The van der Waals surface area contributed by atoms with Crippen molar-refractivity contribution < 1.29 is 14.6 Å². The fourth-order valence-electron chi connectivity index (χ4n) is 3.09. The Morgan fingerprint density at radius 1 is 1.00 bits per heavy atom. The molecule has 0 radical (unpaired) electrons. The molecule has 2 aromatic rings. The molecule has 1 aliphatic heterocycles. The summed E-state index contributed by atoms with van der Waals surface area (Å²) < 4.78 is 5.40. The lowest BCUT2D eigenvalue weighted by Crippen LogP contribution is -2.41. The largest absolute Gasteiger partial charge is 0.462 e. The molecular formula is C20H25ClN2O3. The molecule has 0 spiro atoms. The predicted molar refractivity (Wildman–Crippen MR) is 103 cm³/mol. The molecule has 0 aliphatic carbocycles. The van der Waals surface area contributed by atoms with Gasteiger partial charge in [-0.15, -0.1) is 12.4 Å². The molecule has 2 N–H and O–H groups in total. The maximum atomic E-state index is 12.7. The van der Waals surface area contributed by atoms with Crippen LogP contribution in [0.15, 0.2) is 60.7 Å². The van der Waals surface area contributed by atoms with Crippen molar-refractivity contribution in [1.29, 1.82) is 0 Å². The number of benzene rings is 2. The number of esters is 1. The molecule has 5 nitrogen and oxygen atoms in total. The van der Waals surface area contributed by atoms with Gasteiger partial charge < -0.3 is 9.84 Å². The summed E-state index contributed by atoms with van der Waals surface area (Å²) in [6, 6.07) is 17.8. The fraction of sp³-hybridized carbons (Fsp3) is 0.350. The van der Waals surface area contributed by atoms with E-state index in [1.54, 1.807) is 48.5 Å². The zero-order valence-corrected chi connectivity index (χ0v) is 15.5. The Labute approximate surface area is 160 Å². The summed E-state index contributed by atoms with van der Waals surface area (Å²) in [7, 11) is 0. The standard InChI is InChI=1S/C20H24N2O3.ClH/c23-19(25-16-13-21-22-14-7-8-15-22)20(24,17-9-3-1-4-10-17)18-11-5-2-6-12-18;/h1-6,9-12,21,24H,7-8,13-16H2;1H. The smallest absolute Gasteiger partial charge is 0.347 e. The third-order valence-corrected chi connectivity index (χ3v) is 4.46. The lowest BCUT2D eigenvalue weighted by atomic mass is 9.86. The number of ether oxygens (including phenoxy) is 1.